The molecule has 0 aromatic carbocycles. The molecule has 0 aromatic rings. The molecule has 0 heterocycles. The Bertz CT molecular complexity index is 95.0. The minimum Gasteiger partial charge on any atom is -0.327 e. The molecule has 1 rings (SSSR count). The van der Waals surface area contributed by atoms with Gasteiger partial charge >= 0.3 is 0 Å². The Morgan fingerprint density at radius 2 is 2.00 bits per heavy atom. The van der Waals surface area contributed by atoms with E-state index in [1.807, 2.05) is 0 Å². The third kappa shape index (κ3) is 3.24. The molecule has 0 bridgehead atoms. The maximum absolute atomic E-state index is 5.85. The van der Waals surface area contributed by atoms with Crippen LogP contribution in [0.1, 0.15) is 45.4 Å². The van der Waals surface area contributed by atoms with Gasteiger partial charge in [-0.25, -0.2) is 0 Å². The summed E-state index contributed by atoms with van der Waals surface area (Å²) in [6.07, 6.45) is 10.5. The van der Waals surface area contributed by atoms with E-state index < -0.39 is 0 Å². The number of rotatable bonds is 3. The number of nitrogens with two attached hydrogens (primary N) is 1. The molecule has 0 aromatic heterocycles. The molecule has 0 aliphatic heterocycles. The largest absolute Gasteiger partial charge is 0.327 e. The highest BCUT2D eigenvalue weighted by molar-refractivity contribution is 4.79. The molecule has 1 aliphatic rings. The maximum atomic E-state index is 5.85. The molecule has 65 valence electrons. The zero-order valence-electron chi connectivity index (χ0n) is 7.55. The van der Waals surface area contributed by atoms with Crippen LogP contribution in [0.4, 0.5) is 0 Å². The van der Waals surface area contributed by atoms with Crippen LogP contribution in [0.2, 0.25) is 0 Å². The van der Waals surface area contributed by atoms with Gasteiger partial charge in [-0.05, 0) is 18.8 Å². The fourth-order valence-corrected chi connectivity index (χ4v) is 1.94. The van der Waals surface area contributed by atoms with Gasteiger partial charge in [-0.1, -0.05) is 39.0 Å². The predicted octanol–water partition coefficient (Wildman–Crippen LogP) is 2.51. The fraction of sp³-hybridized carbons (Fsp3) is 0.900. The maximum Gasteiger partial charge on any atom is 0.00702 e. The van der Waals surface area contributed by atoms with Gasteiger partial charge in [0.25, 0.3) is 0 Å². The van der Waals surface area contributed by atoms with E-state index in [9.17, 15) is 0 Å². The standard InChI is InChI=1S/C10H20N/c1-2-10(11)8-9-6-4-3-5-7-9/h2,9-10H,3-8,11H2,1H3. The smallest absolute Gasteiger partial charge is 0.00702 e. The fourth-order valence-electron chi connectivity index (χ4n) is 1.94. The van der Waals surface area contributed by atoms with Gasteiger partial charge in [0.2, 0.25) is 0 Å². The van der Waals surface area contributed by atoms with Crippen LogP contribution >= 0.6 is 0 Å². The van der Waals surface area contributed by atoms with Crippen molar-refractivity contribution < 1.29 is 0 Å². The van der Waals surface area contributed by atoms with Crippen molar-refractivity contribution in [1.29, 1.82) is 0 Å². The lowest BCUT2D eigenvalue weighted by molar-refractivity contribution is 0.326. The van der Waals surface area contributed by atoms with Crippen LogP contribution in [0.3, 0.4) is 0 Å². The first-order chi connectivity index (χ1) is 5.33. The van der Waals surface area contributed by atoms with Crippen LogP contribution in [0, 0.1) is 12.3 Å². The second kappa shape index (κ2) is 4.76. The van der Waals surface area contributed by atoms with Gasteiger partial charge in [-0.15, -0.1) is 0 Å². The summed E-state index contributed by atoms with van der Waals surface area (Å²) in [4.78, 5) is 0. The minimum absolute atomic E-state index is 0.345. The van der Waals surface area contributed by atoms with Gasteiger partial charge in [-0.3, -0.25) is 0 Å². The quantitative estimate of drug-likeness (QED) is 0.664. The first kappa shape index (κ1) is 9.05. The Balaban J connectivity index is 2.13. The van der Waals surface area contributed by atoms with Crippen LogP contribution in [0.15, 0.2) is 0 Å². The van der Waals surface area contributed by atoms with Crippen molar-refractivity contribution in [1.82, 2.24) is 0 Å². The van der Waals surface area contributed by atoms with E-state index in [0.717, 1.165) is 5.92 Å². The highest BCUT2D eigenvalue weighted by Crippen LogP contribution is 2.27. The third-order valence-electron chi connectivity index (χ3n) is 2.76. The molecular formula is C10H20N. The average molecular weight is 154 g/mol. The molecular weight excluding hydrogens is 134 g/mol. The van der Waals surface area contributed by atoms with Crippen molar-refractivity contribution in [2.75, 3.05) is 0 Å². The molecule has 1 aliphatic carbocycles. The second-order valence-electron chi connectivity index (χ2n) is 3.74. The van der Waals surface area contributed by atoms with Crippen molar-refractivity contribution in [3.05, 3.63) is 6.42 Å². The highest BCUT2D eigenvalue weighted by Gasteiger charge is 2.15. The zero-order chi connectivity index (χ0) is 8.10. The molecule has 1 fully saturated rings. The molecule has 1 nitrogen and oxygen atoms in total. The summed E-state index contributed by atoms with van der Waals surface area (Å²) in [5.74, 6) is 0.926. The molecule has 0 spiro atoms. The van der Waals surface area contributed by atoms with Gasteiger partial charge in [0.05, 0.1) is 0 Å². The molecule has 0 amide bonds. The Morgan fingerprint density at radius 1 is 1.36 bits per heavy atom. The first-order valence-corrected chi connectivity index (χ1v) is 4.88. The van der Waals surface area contributed by atoms with Gasteiger partial charge in [0.15, 0.2) is 0 Å². The summed E-state index contributed by atoms with van der Waals surface area (Å²) in [6.45, 7) is 2.06. The Labute approximate surface area is 70.4 Å². The summed E-state index contributed by atoms with van der Waals surface area (Å²) in [5, 5.41) is 0. The summed E-state index contributed by atoms with van der Waals surface area (Å²) in [5.41, 5.74) is 5.85. The predicted molar refractivity (Wildman–Crippen MR) is 49.1 cm³/mol. The molecule has 2 N–H and O–H groups in total. The third-order valence-corrected chi connectivity index (χ3v) is 2.76. The number of hydrogen-bond acceptors (Lipinski definition) is 1. The van der Waals surface area contributed by atoms with Crippen LogP contribution < -0.4 is 5.73 Å². The zero-order valence-corrected chi connectivity index (χ0v) is 7.55. The SMILES string of the molecule is C[CH]C(N)CC1CCCCC1. The van der Waals surface area contributed by atoms with Crippen molar-refractivity contribution in [3.63, 3.8) is 0 Å². The summed E-state index contributed by atoms with van der Waals surface area (Å²) in [6, 6.07) is 0.345. The van der Waals surface area contributed by atoms with Crippen molar-refractivity contribution >= 4 is 0 Å². The van der Waals surface area contributed by atoms with Crippen LogP contribution in [0.5, 0.6) is 0 Å². The Hall–Kier alpha value is -0.0400. The van der Waals surface area contributed by atoms with E-state index in [2.05, 4.69) is 13.3 Å². The van der Waals surface area contributed by atoms with E-state index in [4.69, 9.17) is 5.73 Å². The van der Waals surface area contributed by atoms with Gasteiger partial charge in [0.1, 0.15) is 0 Å². The minimum atomic E-state index is 0.345. The molecule has 0 saturated heterocycles. The second-order valence-corrected chi connectivity index (χ2v) is 3.74. The monoisotopic (exact) mass is 154 g/mol. The molecule has 1 heteroatoms. The van der Waals surface area contributed by atoms with Crippen LogP contribution in [-0.2, 0) is 0 Å². The summed E-state index contributed by atoms with van der Waals surface area (Å²) < 4.78 is 0. The van der Waals surface area contributed by atoms with Gasteiger partial charge in [-0.2, -0.15) is 0 Å². The van der Waals surface area contributed by atoms with E-state index in [1.165, 1.54) is 38.5 Å². The summed E-state index contributed by atoms with van der Waals surface area (Å²) >= 11 is 0. The molecule has 1 unspecified atom stereocenters. The Kier molecular flexibility index (Phi) is 3.92. The van der Waals surface area contributed by atoms with Crippen molar-refractivity contribution in [2.24, 2.45) is 11.7 Å². The Morgan fingerprint density at radius 3 is 2.55 bits per heavy atom. The van der Waals surface area contributed by atoms with Gasteiger partial charge in [0, 0.05) is 6.04 Å². The number of hydrogen-bond donors (Lipinski definition) is 1. The lowest BCUT2D eigenvalue weighted by Gasteiger charge is -2.23. The van der Waals surface area contributed by atoms with E-state index in [1.54, 1.807) is 0 Å². The van der Waals surface area contributed by atoms with E-state index in [-0.39, 0.29) is 0 Å². The van der Waals surface area contributed by atoms with E-state index >= 15 is 0 Å². The van der Waals surface area contributed by atoms with Crippen molar-refractivity contribution in [3.8, 4) is 0 Å². The highest BCUT2D eigenvalue weighted by atomic mass is 14.6. The van der Waals surface area contributed by atoms with E-state index in [0.29, 0.717) is 6.04 Å². The molecule has 1 radical (unpaired) electrons. The topological polar surface area (TPSA) is 26.0 Å². The van der Waals surface area contributed by atoms with Crippen LogP contribution in [-0.4, -0.2) is 6.04 Å². The lowest BCUT2D eigenvalue weighted by atomic mass is 9.84. The van der Waals surface area contributed by atoms with Crippen LogP contribution in [0.25, 0.3) is 0 Å². The summed E-state index contributed by atoms with van der Waals surface area (Å²) in [7, 11) is 0. The average Bonchev–Trinajstić information content (AvgIpc) is 2.06. The molecule has 1 atom stereocenters. The molecule has 1 saturated carbocycles. The molecule has 11 heavy (non-hydrogen) atoms. The first-order valence-electron chi connectivity index (χ1n) is 4.88. The van der Waals surface area contributed by atoms with Crippen molar-refractivity contribution in [2.45, 2.75) is 51.5 Å². The normalized spacial score (nSPS) is 23.5. The van der Waals surface area contributed by atoms with Gasteiger partial charge < -0.3 is 5.73 Å². The lowest BCUT2D eigenvalue weighted by Crippen LogP contribution is -2.24.